The maximum atomic E-state index is 12.0. The molecule has 2 rings (SSSR count). The molecular weight excluding hydrogens is 298 g/mol. The van der Waals surface area contributed by atoms with Crippen LogP contribution in [0.25, 0.3) is 11.3 Å². The number of hydrogen-bond acceptors (Lipinski definition) is 5. The van der Waals surface area contributed by atoms with Crippen LogP contribution in [-0.2, 0) is 4.79 Å². The lowest BCUT2D eigenvalue weighted by molar-refractivity contribution is -0.117. The van der Waals surface area contributed by atoms with Crippen LogP contribution in [-0.4, -0.2) is 24.0 Å². The van der Waals surface area contributed by atoms with Crippen LogP contribution in [0, 0.1) is 5.92 Å². The summed E-state index contributed by atoms with van der Waals surface area (Å²) in [5.41, 5.74) is 7.54. The molecule has 0 aliphatic rings. The Hall–Kier alpha value is -1.92. The summed E-state index contributed by atoms with van der Waals surface area (Å²) in [5.74, 6) is 0.929. The van der Waals surface area contributed by atoms with Crippen LogP contribution in [0.15, 0.2) is 29.6 Å². The smallest absolute Gasteiger partial charge is 0.243 e. The Balaban J connectivity index is 2.10. The zero-order valence-corrected chi connectivity index (χ0v) is 13.8. The van der Waals surface area contributed by atoms with Gasteiger partial charge in [0.25, 0.3) is 0 Å². The number of benzene rings is 1. The maximum absolute atomic E-state index is 12.0. The molecule has 22 heavy (non-hydrogen) atoms. The maximum Gasteiger partial charge on any atom is 0.243 e. The van der Waals surface area contributed by atoms with E-state index in [1.165, 1.54) is 11.3 Å². The van der Waals surface area contributed by atoms with Gasteiger partial charge in [-0.05, 0) is 24.5 Å². The lowest BCUT2D eigenvalue weighted by atomic mass is 10.0. The van der Waals surface area contributed by atoms with Gasteiger partial charge in [-0.2, -0.15) is 0 Å². The topological polar surface area (TPSA) is 77.2 Å². The second kappa shape index (κ2) is 7.38. The van der Waals surface area contributed by atoms with Crippen molar-refractivity contribution in [2.24, 2.45) is 11.7 Å². The second-order valence-electron chi connectivity index (χ2n) is 5.46. The summed E-state index contributed by atoms with van der Waals surface area (Å²) >= 11 is 1.37. The van der Waals surface area contributed by atoms with Crippen LogP contribution in [0.4, 0.5) is 5.13 Å². The predicted molar refractivity (Wildman–Crippen MR) is 90.2 cm³/mol. The molecule has 3 N–H and O–H groups in total. The number of para-hydroxylation sites is 1. The number of nitrogens with zero attached hydrogens (tertiary/aromatic N) is 1. The van der Waals surface area contributed by atoms with Gasteiger partial charge in [0.15, 0.2) is 5.13 Å². The van der Waals surface area contributed by atoms with E-state index < -0.39 is 6.04 Å². The minimum Gasteiger partial charge on any atom is -0.496 e. The van der Waals surface area contributed by atoms with E-state index in [9.17, 15) is 4.79 Å². The summed E-state index contributed by atoms with van der Waals surface area (Å²) < 4.78 is 5.33. The molecule has 1 aromatic carbocycles. The fourth-order valence-electron chi connectivity index (χ4n) is 2.12. The highest BCUT2D eigenvalue weighted by Crippen LogP contribution is 2.31. The van der Waals surface area contributed by atoms with E-state index in [0.717, 1.165) is 17.0 Å². The van der Waals surface area contributed by atoms with E-state index in [1.54, 1.807) is 7.11 Å². The van der Waals surface area contributed by atoms with Crippen molar-refractivity contribution in [1.82, 2.24) is 4.98 Å². The van der Waals surface area contributed by atoms with Gasteiger partial charge in [-0.1, -0.05) is 26.0 Å². The van der Waals surface area contributed by atoms with Crippen molar-refractivity contribution in [1.29, 1.82) is 0 Å². The highest BCUT2D eigenvalue weighted by Gasteiger charge is 2.17. The molecule has 1 amide bonds. The lowest BCUT2D eigenvalue weighted by Crippen LogP contribution is -2.36. The van der Waals surface area contributed by atoms with Crippen LogP contribution >= 0.6 is 11.3 Å². The van der Waals surface area contributed by atoms with Crippen molar-refractivity contribution < 1.29 is 9.53 Å². The van der Waals surface area contributed by atoms with Crippen LogP contribution in [0.1, 0.15) is 20.3 Å². The van der Waals surface area contributed by atoms with Gasteiger partial charge in [0, 0.05) is 10.9 Å². The van der Waals surface area contributed by atoms with Gasteiger partial charge in [-0.15, -0.1) is 11.3 Å². The Bertz CT molecular complexity index is 640. The molecule has 2 aromatic rings. The number of thiazole rings is 1. The monoisotopic (exact) mass is 319 g/mol. The van der Waals surface area contributed by atoms with Crippen molar-refractivity contribution in [2.75, 3.05) is 12.4 Å². The normalized spacial score (nSPS) is 12.2. The molecule has 0 unspecified atom stereocenters. The number of carbonyl (C=O) groups excluding carboxylic acids is 1. The fourth-order valence-corrected chi connectivity index (χ4v) is 2.84. The molecule has 0 bridgehead atoms. The van der Waals surface area contributed by atoms with Crippen molar-refractivity contribution >= 4 is 22.4 Å². The van der Waals surface area contributed by atoms with Gasteiger partial charge in [0.1, 0.15) is 5.75 Å². The Kier molecular flexibility index (Phi) is 5.51. The highest BCUT2D eigenvalue weighted by atomic mass is 32.1. The number of nitrogens with two attached hydrogens (primary N) is 1. The van der Waals surface area contributed by atoms with E-state index in [1.807, 2.05) is 43.5 Å². The Labute approximate surface area is 134 Å². The number of amides is 1. The van der Waals surface area contributed by atoms with E-state index in [0.29, 0.717) is 17.5 Å². The van der Waals surface area contributed by atoms with Crippen LogP contribution in [0.3, 0.4) is 0 Å². The predicted octanol–water partition coefficient (Wildman–Crippen LogP) is 3.13. The Morgan fingerprint density at radius 2 is 2.14 bits per heavy atom. The number of aromatic nitrogens is 1. The summed E-state index contributed by atoms with van der Waals surface area (Å²) in [6, 6.07) is 7.13. The average molecular weight is 319 g/mol. The van der Waals surface area contributed by atoms with Crippen LogP contribution in [0.2, 0.25) is 0 Å². The third-order valence-electron chi connectivity index (χ3n) is 3.18. The summed E-state index contributed by atoms with van der Waals surface area (Å²) in [5, 5.41) is 5.21. The van der Waals surface area contributed by atoms with Crippen molar-refractivity contribution in [3.63, 3.8) is 0 Å². The van der Waals surface area contributed by atoms with E-state index >= 15 is 0 Å². The second-order valence-corrected chi connectivity index (χ2v) is 6.32. The quantitative estimate of drug-likeness (QED) is 0.857. The summed E-state index contributed by atoms with van der Waals surface area (Å²) in [7, 11) is 1.62. The standard InChI is InChI=1S/C16H21N3O2S/c1-10(2)8-12(17)15(20)19-16-18-13(9-22-16)11-6-4-5-7-14(11)21-3/h4-7,9-10,12H,8,17H2,1-3H3,(H,18,19,20)/t12-/m0/s1. The first kappa shape index (κ1) is 16.5. The molecule has 0 aliphatic heterocycles. The van der Waals surface area contributed by atoms with Gasteiger partial charge in [-0.25, -0.2) is 4.98 Å². The molecular formula is C16H21N3O2S. The number of hydrogen-bond donors (Lipinski definition) is 2. The number of ether oxygens (including phenoxy) is 1. The molecule has 118 valence electrons. The first-order valence-corrected chi connectivity index (χ1v) is 8.04. The minimum atomic E-state index is -0.515. The summed E-state index contributed by atoms with van der Waals surface area (Å²) in [6.07, 6.45) is 0.649. The summed E-state index contributed by atoms with van der Waals surface area (Å²) in [6.45, 7) is 4.08. The highest BCUT2D eigenvalue weighted by molar-refractivity contribution is 7.14. The average Bonchev–Trinajstić information content (AvgIpc) is 2.94. The molecule has 6 heteroatoms. The van der Waals surface area contributed by atoms with Crippen molar-refractivity contribution in [3.05, 3.63) is 29.6 Å². The number of carbonyl (C=O) groups is 1. The Morgan fingerprint density at radius 1 is 1.41 bits per heavy atom. The van der Waals surface area contributed by atoms with E-state index in [4.69, 9.17) is 10.5 Å². The minimum absolute atomic E-state index is 0.199. The van der Waals surface area contributed by atoms with Gasteiger partial charge in [0.05, 0.1) is 18.8 Å². The fraction of sp³-hybridized carbons (Fsp3) is 0.375. The number of rotatable bonds is 6. The molecule has 0 saturated heterocycles. The molecule has 0 spiro atoms. The molecule has 0 aliphatic carbocycles. The zero-order chi connectivity index (χ0) is 16.1. The summed E-state index contributed by atoms with van der Waals surface area (Å²) in [4.78, 5) is 16.5. The molecule has 0 fully saturated rings. The first-order chi connectivity index (χ1) is 10.5. The van der Waals surface area contributed by atoms with Crippen molar-refractivity contribution in [2.45, 2.75) is 26.3 Å². The largest absolute Gasteiger partial charge is 0.496 e. The molecule has 0 radical (unpaired) electrons. The molecule has 1 atom stereocenters. The molecule has 1 heterocycles. The lowest BCUT2D eigenvalue weighted by Gasteiger charge is -2.12. The van der Waals surface area contributed by atoms with Gasteiger partial charge in [-0.3, -0.25) is 4.79 Å². The van der Waals surface area contributed by atoms with Gasteiger partial charge < -0.3 is 15.8 Å². The number of nitrogens with one attached hydrogen (secondary N) is 1. The SMILES string of the molecule is COc1ccccc1-c1csc(NC(=O)[C@@H](N)CC(C)C)n1. The van der Waals surface area contributed by atoms with Gasteiger partial charge >= 0.3 is 0 Å². The van der Waals surface area contributed by atoms with E-state index in [2.05, 4.69) is 10.3 Å². The van der Waals surface area contributed by atoms with E-state index in [-0.39, 0.29) is 5.91 Å². The van der Waals surface area contributed by atoms with Crippen molar-refractivity contribution in [3.8, 4) is 17.0 Å². The third kappa shape index (κ3) is 4.05. The molecule has 1 aromatic heterocycles. The first-order valence-electron chi connectivity index (χ1n) is 7.16. The van der Waals surface area contributed by atoms with Crippen LogP contribution < -0.4 is 15.8 Å². The van der Waals surface area contributed by atoms with Crippen LogP contribution in [0.5, 0.6) is 5.75 Å². The Morgan fingerprint density at radius 3 is 2.82 bits per heavy atom. The zero-order valence-electron chi connectivity index (χ0n) is 13.0. The number of anilines is 1. The molecule has 0 saturated carbocycles. The van der Waals surface area contributed by atoms with Gasteiger partial charge in [0.2, 0.25) is 5.91 Å². The third-order valence-corrected chi connectivity index (χ3v) is 3.94. The number of methoxy groups -OCH3 is 1. The molecule has 5 nitrogen and oxygen atoms in total.